The molecule has 0 aromatic heterocycles. The average Bonchev–Trinajstić information content (AvgIpc) is 2.27. The molecule has 3 nitrogen and oxygen atoms in total. The van der Waals surface area contributed by atoms with Crippen molar-refractivity contribution in [1.29, 1.82) is 0 Å². The van der Waals surface area contributed by atoms with Crippen LogP contribution >= 0.6 is 15.9 Å². The SMILES string of the molecule is Cc1ccc(C2C(N)CCC(=O)N2C)c(Br)c1. The fraction of sp³-hybridized carbons (Fsp3) is 0.462. The summed E-state index contributed by atoms with van der Waals surface area (Å²) in [5, 5.41) is 0. The molecule has 1 aromatic carbocycles. The van der Waals surface area contributed by atoms with Gasteiger partial charge >= 0.3 is 0 Å². The Balaban J connectivity index is 2.39. The van der Waals surface area contributed by atoms with Gasteiger partial charge in [-0.15, -0.1) is 0 Å². The predicted octanol–water partition coefficient (Wildman–Crippen LogP) is 2.38. The van der Waals surface area contributed by atoms with Crippen LogP contribution in [0, 0.1) is 6.92 Å². The zero-order valence-corrected chi connectivity index (χ0v) is 11.7. The maximum atomic E-state index is 11.8. The molecule has 0 radical (unpaired) electrons. The van der Waals surface area contributed by atoms with Crippen molar-refractivity contribution in [2.45, 2.75) is 31.8 Å². The van der Waals surface area contributed by atoms with Crippen molar-refractivity contribution in [3.8, 4) is 0 Å². The molecule has 2 N–H and O–H groups in total. The molecule has 1 aliphatic rings. The van der Waals surface area contributed by atoms with Crippen LogP contribution in [0.4, 0.5) is 0 Å². The quantitative estimate of drug-likeness (QED) is 0.865. The second kappa shape index (κ2) is 4.78. The lowest BCUT2D eigenvalue weighted by atomic mass is 9.91. The Kier molecular flexibility index (Phi) is 3.54. The van der Waals surface area contributed by atoms with Crippen molar-refractivity contribution in [1.82, 2.24) is 4.90 Å². The Morgan fingerprint density at radius 2 is 2.18 bits per heavy atom. The molecule has 4 heteroatoms. The van der Waals surface area contributed by atoms with Crippen LogP contribution in [0.15, 0.2) is 22.7 Å². The first kappa shape index (κ1) is 12.6. The summed E-state index contributed by atoms with van der Waals surface area (Å²) < 4.78 is 1.03. The van der Waals surface area contributed by atoms with Gasteiger partial charge in [-0.2, -0.15) is 0 Å². The minimum absolute atomic E-state index is 0.0108. The third-order valence-corrected chi connectivity index (χ3v) is 4.07. The summed E-state index contributed by atoms with van der Waals surface area (Å²) in [6, 6.07) is 6.16. The van der Waals surface area contributed by atoms with E-state index in [0.29, 0.717) is 6.42 Å². The maximum absolute atomic E-state index is 11.8. The third kappa shape index (κ3) is 2.38. The molecule has 1 saturated heterocycles. The van der Waals surface area contributed by atoms with Gasteiger partial charge in [0, 0.05) is 24.0 Å². The van der Waals surface area contributed by atoms with Gasteiger partial charge in [-0.25, -0.2) is 0 Å². The van der Waals surface area contributed by atoms with Crippen LogP contribution in [-0.2, 0) is 4.79 Å². The Morgan fingerprint density at radius 1 is 1.47 bits per heavy atom. The molecule has 0 saturated carbocycles. The van der Waals surface area contributed by atoms with Gasteiger partial charge in [-0.3, -0.25) is 4.79 Å². The van der Waals surface area contributed by atoms with Crippen LogP contribution in [0.1, 0.15) is 30.0 Å². The number of likely N-dealkylation sites (tertiary alicyclic amines) is 1. The van der Waals surface area contributed by atoms with E-state index >= 15 is 0 Å². The van der Waals surface area contributed by atoms with Crippen LogP contribution in [0.25, 0.3) is 0 Å². The molecule has 1 heterocycles. The summed E-state index contributed by atoms with van der Waals surface area (Å²) in [5.74, 6) is 0.171. The second-order valence-corrected chi connectivity index (χ2v) is 5.53. The minimum Gasteiger partial charge on any atom is -0.337 e. The smallest absolute Gasteiger partial charge is 0.222 e. The molecule has 2 atom stereocenters. The van der Waals surface area contributed by atoms with Crippen molar-refractivity contribution in [3.05, 3.63) is 33.8 Å². The number of carbonyl (C=O) groups excluding carboxylic acids is 1. The maximum Gasteiger partial charge on any atom is 0.222 e. The number of aryl methyl sites for hydroxylation is 1. The summed E-state index contributed by atoms with van der Waals surface area (Å²) in [7, 11) is 1.83. The number of likely N-dealkylation sites (N-methyl/N-ethyl adjacent to an activating group) is 1. The van der Waals surface area contributed by atoms with Gasteiger partial charge in [0.1, 0.15) is 0 Å². The summed E-state index contributed by atoms with van der Waals surface area (Å²) in [4.78, 5) is 13.5. The molecular weight excluding hydrogens is 280 g/mol. The van der Waals surface area contributed by atoms with Gasteiger partial charge in [0.2, 0.25) is 5.91 Å². The number of halogens is 1. The fourth-order valence-electron chi connectivity index (χ4n) is 2.38. The van der Waals surface area contributed by atoms with Gasteiger partial charge < -0.3 is 10.6 Å². The summed E-state index contributed by atoms with van der Waals surface area (Å²) in [6.45, 7) is 2.05. The molecule has 0 spiro atoms. The van der Waals surface area contributed by atoms with Crippen molar-refractivity contribution in [2.75, 3.05) is 7.05 Å². The zero-order valence-electron chi connectivity index (χ0n) is 10.1. The first-order chi connectivity index (χ1) is 8.00. The van der Waals surface area contributed by atoms with Crippen molar-refractivity contribution in [2.24, 2.45) is 5.73 Å². The number of carbonyl (C=O) groups is 1. The van der Waals surface area contributed by atoms with Gasteiger partial charge in [0.15, 0.2) is 0 Å². The number of hydrogen-bond acceptors (Lipinski definition) is 2. The highest BCUT2D eigenvalue weighted by Crippen LogP contribution is 2.34. The number of rotatable bonds is 1. The third-order valence-electron chi connectivity index (χ3n) is 3.38. The first-order valence-corrected chi connectivity index (χ1v) is 6.57. The van der Waals surface area contributed by atoms with E-state index in [4.69, 9.17) is 5.73 Å². The Bertz CT molecular complexity index is 447. The van der Waals surface area contributed by atoms with E-state index in [1.54, 1.807) is 4.90 Å². The van der Waals surface area contributed by atoms with E-state index in [-0.39, 0.29) is 18.0 Å². The van der Waals surface area contributed by atoms with Crippen LogP contribution in [0.3, 0.4) is 0 Å². The van der Waals surface area contributed by atoms with Crippen LogP contribution in [0.2, 0.25) is 0 Å². The first-order valence-electron chi connectivity index (χ1n) is 5.78. The lowest BCUT2D eigenvalue weighted by Gasteiger charge is -2.38. The van der Waals surface area contributed by atoms with Crippen LogP contribution < -0.4 is 5.73 Å². The van der Waals surface area contributed by atoms with E-state index in [1.807, 2.05) is 14.0 Å². The largest absolute Gasteiger partial charge is 0.337 e. The number of nitrogens with two attached hydrogens (primary N) is 1. The van der Waals surface area contributed by atoms with E-state index in [0.717, 1.165) is 16.5 Å². The van der Waals surface area contributed by atoms with E-state index in [1.165, 1.54) is 5.56 Å². The molecule has 1 aliphatic heterocycles. The zero-order chi connectivity index (χ0) is 12.6. The topological polar surface area (TPSA) is 46.3 Å². The number of benzene rings is 1. The predicted molar refractivity (Wildman–Crippen MR) is 71.6 cm³/mol. The van der Waals surface area contributed by atoms with Crippen LogP contribution in [0.5, 0.6) is 0 Å². The minimum atomic E-state index is -0.0220. The normalized spacial score (nSPS) is 25.2. The average molecular weight is 297 g/mol. The second-order valence-electron chi connectivity index (χ2n) is 4.68. The summed E-state index contributed by atoms with van der Waals surface area (Å²) in [5.41, 5.74) is 8.45. The monoisotopic (exact) mass is 296 g/mol. The Hall–Kier alpha value is -0.870. The molecule has 17 heavy (non-hydrogen) atoms. The molecule has 2 rings (SSSR count). The molecule has 0 bridgehead atoms. The van der Waals surface area contributed by atoms with Gasteiger partial charge in [-0.1, -0.05) is 28.1 Å². The van der Waals surface area contributed by atoms with Crippen molar-refractivity contribution >= 4 is 21.8 Å². The lowest BCUT2D eigenvalue weighted by Crippen LogP contribution is -2.46. The summed E-state index contributed by atoms with van der Waals surface area (Å²) >= 11 is 3.56. The standard InChI is InChI=1S/C13H17BrN2O/c1-8-3-4-9(10(14)7-8)13-11(15)5-6-12(17)16(13)2/h3-4,7,11,13H,5-6,15H2,1-2H3. The van der Waals surface area contributed by atoms with E-state index in [9.17, 15) is 4.79 Å². The fourth-order valence-corrected chi connectivity index (χ4v) is 3.11. The highest BCUT2D eigenvalue weighted by atomic mass is 79.9. The molecule has 2 unspecified atom stereocenters. The molecule has 1 aromatic rings. The number of amides is 1. The van der Waals surface area contributed by atoms with Gasteiger partial charge in [0.05, 0.1) is 6.04 Å². The molecule has 92 valence electrons. The molecule has 1 fully saturated rings. The molecular formula is C13H17BrN2O. The van der Waals surface area contributed by atoms with Crippen molar-refractivity contribution in [3.63, 3.8) is 0 Å². The number of hydrogen-bond donors (Lipinski definition) is 1. The van der Waals surface area contributed by atoms with Crippen LogP contribution in [-0.4, -0.2) is 23.9 Å². The van der Waals surface area contributed by atoms with E-state index in [2.05, 4.69) is 34.1 Å². The molecule has 0 aliphatic carbocycles. The highest BCUT2D eigenvalue weighted by molar-refractivity contribution is 9.10. The van der Waals surface area contributed by atoms with Gasteiger partial charge in [-0.05, 0) is 30.5 Å². The van der Waals surface area contributed by atoms with Gasteiger partial charge in [0.25, 0.3) is 0 Å². The Labute approximate surface area is 110 Å². The molecule has 1 amide bonds. The van der Waals surface area contributed by atoms with Crippen molar-refractivity contribution < 1.29 is 4.79 Å². The number of nitrogens with zero attached hydrogens (tertiary/aromatic N) is 1. The Morgan fingerprint density at radius 3 is 2.82 bits per heavy atom. The summed E-state index contributed by atoms with van der Waals surface area (Å²) in [6.07, 6.45) is 1.31. The lowest BCUT2D eigenvalue weighted by molar-refractivity contribution is -0.135. The number of piperidine rings is 1. The highest BCUT2D eigenvalue weighted by Gasteiger charge is 2.33. The van der Waals surface area contributed by atoms with E-state index < -0.39 is 0 Å².